The quantitative estimate of drug-likeness (QED) is 0.653. The predicted octanol–water partition coefficient (Wildman–Crippen LogP) is 2.76. The van der Waals surface area contributed by atoms with Gasteiger partial charge in [-0.25, -0.2) is 9.78 Å². The molecule has 7 nitrogen and oxygen atoms in total. The third-order valence-electron chi connectivity index (χ3n) is 2.20. The number of nitro benzene ring substituents is 1. The molecule has 2 rings (SSSR count). The number of benzene rings is 1. The van der Waals surface area contributed by atoms with Gasteiger partial charge in [0.15, 0.2) is 5.69 Å². The standard InChI is InChI=1S/C10H6BrN3O4S/c11-5-1-4(2-6(3-5)14(17)18)9-13-7(10(15)16)8(12)19-9/h1-3H,12H2,(H,15,16). The Kier molecular flexibility index (Phi) is 3.49. The molecule has 19 heavy (non-hydrogen) atoms. The Morgan fingerprint density at radius 3 is 2.68 bits per heavy atom. The van der Waals surface area contributed by atoms with Crippen molar-refractivity contribution in [3.8, 4) is 10.6 Å². The first-order valence-corrected chi connectivity index (χ1v) is 6.44. The van der Waals surface area contributed by atoms with Gasteiger partial charge < -0.3 is 10.8 Å². The maximum Gasteiger partial charge on any atom is 0.357 e. The summed E-state index contributed by atoms with van der Waals surface area (Å²) in [5, 5.41) is 20.0. The number of thiazole rings is 1. The van der Waals surface area contributed by atoms with Crippen molar-refractivity contribution in [2.45, 2.75) is 0 Å². The molecule has 0 atom stereocenters. The predicted molar refractivity (Wildman–Crippen MR) is 73.3 cm³/mol. The number of carboxylic acids is 1. The number of carbonyl (C=O) groups is 1. The summed E-state index contributed by atoms with van der Waals surface area (Å²) in [5.41, 5.74) is 5.62. The van der Waals surface area contributed by atoms with Crippen LogP contribution in [0.15, 0.2) is 22.7 Å². The van der Waals surface area contributed by atoms with E-state index in [1.807, 2.05) is 0 Å². The summed E-state index contributed by atoms with van der Waals surface area (Å²) in [6, 6.07) is 4.27. The number of hydrogen-bond donors (Lipinski definition) is 2. The van der Waals surface area contributed by atoms with Crippen LogP contribution < -0.4 is 5.73 Å². The van der Waals surface area contributed by atoms with Crippen molar-refractivity contribution in [2.75, 3.05) is 5.73 Å². The molecule has 0 fully saturated rings. The van der Waals surface area contributed by atoms with Crippen molar-refractivity contribution in [1.82, 2.24) is 4.98 Å². The number of nitrogens with two attached hydrogens (primary N) is 1. The molecule has 0 aliphatic heterocycles. The lowest BCUT2D eigenvalue weighted by atomic mass is 10.2. The summed E-state index contributed by atoms with van der Waals surface area (Å²) in [5.74, 6) is -1.23. The average Bonchev–Trinajstić information content (AvgIpc) is 2.70. The fourth-order valence-electron chi connectivity index (χ4n) is 1.41. The number of aromatic carboxylic acids is 1. The minimum atomic E-state index is -1.23. The smallest absolute Gasteiger partial charge is 0.357 e. The van der Waals surface area contributed by atoms with Gasteiger partial charge in [0.1, 0.15) is 10.0 Å². The third-order valence-corrected chi connectivity index (χ3v) is 3.59. The number of non-ortho nitro benzene ring substituents is 1. The lowest BCUT2D eigenvalue weighted by Crippen LogP contribution is -2.00. The van der Waals surface area contributed by atoms with E-state index < -0.39 is 10.9 Å². The van der Waals surface area contributed by atoms with E-state index in [2.05, 4.69) is 20.9 Å². The molecular weight excluding hydrogens is 338 g/mol. The maximum absolute atomic E-state index is 10.9. The van der Waals surface area contributed by atoms with Crippen LogP contribution in [0.5, 0.6) is 0 Å². The molecule has 2 aromatic rings. The molecule has 0 saturated carbocycles. The van der Waals surface area contributed by atoms with Gasteiger partial charge in [0.05, 0.1) is 4.92 Å². The first kappa shape index (κ1) is 13.4. The number of rotatable bonds is 3. The largest absolute Gasteiger partial charge is 0.476 e. The van der Waals surface area contributed by atoms with E-state index in [4.69, 9.17) is 10.8 Å². The summed E-state index contributed by atoms with van der Waals surface area (Å²) in [4.78, 5) is 25.0. The van der Waals surface area contributed by atoms with Crippen molar-refractivity contribution in [1.29, 1.82) is 0 Å². The lowest BCUT2D eigenvalue weighted by Gasteiger charge is -1.98. The molecule has 1 aromatic carbocycles. The first-order valence-electron chi connectivity index (χ1n) is 4.83. The number of nitrogen functional groups attached to an aromatic ring is 1. The summed E-state index contributed by atoms with van der Waals surface area (Å²) in [6.45, 7) is 0. The second-order valence-corrected chi connectivity index (χ2v) is 5.44. The van der Waals surface area contributed by atoms with Gasteiger partial charge in [-0.15, -0.1) is 0 Å². The highest BCUT2D eigenvalue weighted by atomic mass is 79.9. The van der Waals surface area contributed by atoms with Crippen LogP contribution in [0.3, 0.4) is 0 Å². The lowest BCUT2D eigenvalue weighted by molar-refractivity contribution is -0.384. The zero-order valence-corrected chi connectivity index (χ0v) is 11.6. The van der Waals surface area contributed by atoms with E-state index in [1.54, 1.807) is 6.07 Å². The summed E-state index contributed by atoms with van der Waals surface area (Å²) >= 11 is 4.12. The average molecular weight is 344 g/mol. The number of halogens is 1. The van der Waals surface area contributed by atoms with Gasteiger partial charge in [0, 0.05) is 22.2 Å². The second kappa shape index (κ2) is 4.94. The summed E-state index contributed by atoms with van der Waals surface area (Å²) < 4.78 is 0.502. The molecule has 1 heterocycles. The minimum Gasteiger partial charge on any atom is -0.476 e. The highest BCUT2D eigenvalue weighted by Crippen LogP contribution is 2.33. The van der Waals surface area contributed by atoms with Gasteiger partial charge in [-0.05, 0) is 6.07 Å². The molecular formula is C10H6BrN3O4S. The number of hydrogen-bond acceptors (Lipinski definition) is 6. The Morgan fingerprint density at radius 1 is 1.47 bits per heavy atom. The van der Waals surface area contributed by atoms with Crippen molar-refractivity contribution < 1.29 is 14.8 Å². The summed E-state index contributed by atoms with van der Waals surface area (Å²) in [7, 11) is 0. The van der Waals surface area contributed by atoms with Crippen LogP contribution in [-0.2, 0) is 0 Å². The Balaban J connectivity index is 2.55. The van der Waals surface area contributed by atoms with Gasteiger partial charge in [0.2, 0.25) is 0 Å². The monoisotopic (exact) mass is 343 g/mol. The SMILES string of the molecule is Nc1sc(-c2cc(Br)cc([N+](=O)[O-])c2)nc1C(=O)O. The first-order chi connectivity index (χ1) is 8.88. The molecule has 0 amide bonds. The number of anilines is 1. The molecule has 1 aromatic heterocycles. The van der Waals surface area contributed by atoms with Gasteiger partial charge in [0.25, 0.3) is 5.69 Å². The number of aromatic nitrogens is 1. The molecule has 3 N–H and O–H groups in total. The van der Waals surface area contributed by atoms with E-state index in [0.717, 1.165) is 11.3 Å². The topological polar surface area (TPSA) is 119 Å². The molecule has 0 unspecified atom stereocenters. The summed E-state index contributed by atoms with van der Waals surface area (Å²) in [6.07, 6.45) is 0. The van der Waals surface area contributed by atoms with Crippen LogP contribution in [-0.4, -0.2) is 21.0 Å². The Bertz CT molecular complexity index is 685. The van der Waals surface area contributed by atoms with Crippen LogP contribution in [0, 0.1) is 10.1 Å². The fourth-order valence-corrected chi connectivity index (χ4v) is 2.70. The van der Waals surface area contributed by atoms with E-state index in [9.17, 15) is 14.9 Å². The van der Waals surface area contributed by atoms with Crippen LogP contribution in [0.4, 0.5) is 10.7 Å². The van der Waals surface area contributed by atoms with Gasteiger partial charge in [-0.3, -0.25) is 10.1 Å². The zero-order chi connectivity index (χ0) is 14.2. The maximum atomic E-state index is 10.9. The highest BCUT2D eigenvalue weighted by Gasteiger charge is 2.18. The van der Waals surface area contributed by atoms with Gasteiger partial charge in [-0.1, -0.05) is 27.3 Å². The van der Waals surface area contributed by atoms with E-state index in [-0.39, 0.29) is 16.4 Å². The molecule has 0 aliphatic carbocycles. The van der Waals surface area contributed by atoms with Gasteiger partial charge in [-0.2, -0.15) is 0 Å². The minimum absolute atomic E-state index is 0.0603. The molecule has 0 radical (unpaired) electrons. The molecule has 9 heteroatoms. The normalized spacial score (nSPS) is 10.4. The Labute approximate surface area is 119 Å². The number of nitro groups is 1. The van der Waals surface area contributed by atoms with Crippen molar-refractivity contribution in [3.05, 3.63) is 38.5 Å². The van der Waals surface area contributed by atoms with Crippen LogP contribution in [0.1, 0.15) is 10.5 Å². The second-order valence-electron chi connectivity index (χ2n) is 3.49. The highest BCUT2D eigenvalue weighted by molar-refractivity contribution is 9.10. The van der Waals surface area contributed by atoms with Crippen LogP contribution >= 0.6 is 27.3 Å². The molecule has 0 aliphatic rings. The third kappa shape index (κ3) is 2.71. The van der Waals surface area contributed by atoms with E-state index in [0.29, 0.717) is 15.0 Å². The fraction of sp³-hybridized carbons (Fsp3) is 0. The van der Waals surface area contributed by atoms with E-state index in [1.165, 1.54) is 12.1 Å². The van der Waals surface area contributed by atoms with E-state index >= 15 is 0 Å². The van der Waals surface area contributed by atoms with Crippen LogP contribution in [0.25, 0.3) is 10.6 Å². The molecule has 98 valence electrons. The molecule has 0 spiro atoms. The Morgan fingerprint density at radius 2 is 2.16 bits per heavy atom. The van der Waals surface area contributed by atoms with Gasteiger partial charge >= 0.3 is 5.97 Å². The van der Waals surface area contributed by atoms with Crippen LogP contribution in [0.2, 0.25) is 0 Å². The molecule has 0 saturated heterocycles. The molecule has 0 bridgehead atoms. The van der Waals surface area contributed by atoms with Crippen molar-refractivity contribution in [3.63, 3.8) is 0 Å². The number of nitrogens with zero attached hydrogens (tertiary/aromatic N) is 2. The van der Waals surface area contributed by atoms with Crippen molar-refractivity contribution in [2.24, 2.45) is 0 Å². The zero-order valence-electron chi connectivity index (χ0n) is 9.16. The van der Waals surface area contributed by atoms with Crippen molar-refractivity contribution >= 4 is 43.9 Å². The number of carboxylic acid groups (broad SMARTS) is 1. The Hall–Kier alpha value is -2.00.